The van der Waals surface area contributed by atoms with Gasteiger partial charge in [0.1, 0.15) is 5.75 Å². The van der Waals surface area contributed by atoms with E-state index in [1.807, 2.05) is 24.3 Å². The number of carbonyl (C=O) groups is 2. The molecule has 7 heteroatoms. The summed E-state index contributed by atoms with van der Waals surface area (Å²) >= 11 is 0. The van der Waals surface area contributed by atoms with Crippen LogP contribution >= 0.6 is 0 Å². The maximum Gasteiger partial charge on any atom is 0.359 e. The van der Waals surface area contributed by atoms with E-state index in [4.69, 9.17) is 9.47 Å². The zero-order valence-corrected chi connectivity index (χ0v) is 12.5. The first-order chi connectivity index (χ1) is 10.6. The van der Waals surface area contributed by atoms with Crippen LogP contribution in [0, 0.1) is 0 Å². The fourth-order valence-corrected chi connectivity index (χ4v) is 1.99. The Labute approximate surface area is 127 Å². The van der Waals surface area contributed by atoms with E-state index in [0.717, 1.165) is 11.3 Å². The lowest BCUT2D eigenvalue weighted by atomic mass is 10.2. The first-order valence-corrected chi connectivity index (χ1v) is 6.45. The van der Waals surface area contributed by atoms with E-state index in [1.165, 1.54) is 20.5 Å². The average molecular weight is 304 g/mol. The number of aromatic nitrogens is 2. The lowest BCUT2D eigenvalue weighted by Crippen LogP contribution is -2.16. The van der Waals surface area contributed by atoms with Crippen molar-refractivity contribution in [2.75, 3.05) is 21.3 Å². The molecular weight excluding hydrogens is 288 g/mol. The topological polar surface area (TPSA) is 79.6 Å². The third-order valence-corrected chi connectivity index (χ3v) is 3.11. The minimum atomic E-state index is -0.686. The highest BCUT2D eigenvalue weighted by molar-refractivity contribution is 6.00. The van der Waals surface area contributed by atoms with Crippen molar-refractivity contribution >= 4 is 11.9 Å². The molecule has 0 bridgehead atoms. The predicted molar refractivity (Wildman–Crippen MR) is 77.0 cm³/mol. The van der Waals surface area contributed by atoms with Gasteiger partial charge in [0.2, 0.25) is 0 Å². The minimum Gasteiger partial charge on any atom is -0.497 e. The van der Waals surface area contributed by atoms with Gasteiger partial charge in [-0.25, -0.2) is 14.6 Å². The van der Waals surface area contributed by atoms with E-state index in [9.17, 15) is 9.59 Å². The SMILES string of the molecule is COC(=O)c1ncn(Cc2ccc(OC)cc2)c1C(=O)OC. The lowest BCUT2D eigenvalue weighted by Gasteiger charge is -2.08. The number of hydrogen-bond acceptors (Lipinski definition) is 6. The number of carbonyl (C=O) groups excluding carboxylic acids is 2. The molecule has 22 heavy (non-hydrogen) atoms. The molecule has 116 valence electrons. The molecule has 0 N–H and O–H groups in total. The third kappa shape index (κ3) is 3.08. The average Bonchev–Trinajstić information content (AvgIpc) is 2.97. The van der Waals surface area contributed by atoms with Gasteiger partial charge in [0.15, 0.2) is 11.4 Å². The zero-order chi connectivity index (χ0) is 16.1. The molecule has 0 aliphatic heterocycles. The van der Waals surface area contributed by atoms with Crippen LogP contribution in [-0.2, 0) is 16.0 Å². The molecule has 0 spiro atoms. The van der Waals surface area contributed by atoms with Crippen LogP contribution in [0.25, 0.3) is 0 Å². The molecule has 2 rings (SSSR count). The fraction of sp³-hybridized carbons (Fsp3) is 0.267. The first-order valence-electron chi connectivity index (χ1n) is 6.45. The summed E-state index contributed by atoms with van der Waals surface area (Å²) in [5.74, 6) is -0.599. The van der Waals surface area contributed by atoms with Crippen LogP contribution in [-0.4, -0.2) is 42.8 Å². The molecule has 1 aromatic carbocycles. The Bertz CT molecular complexity index is 676. The molecule has 1 heterocycles. The van der Waals surface area contributed by atoms with Crippen LogP contribution in [0.1, 0.15) is 26.5 Å². The highest BCUT2D eigenvalue weighted by Crippen LogP contribution is 2.16. The van der Waals surface area contributed by atoms with Crippen molar-refractivity contribution in [2.24, 2.45) is 0 Å². The van der Waals surface area contributed by atoms with Crippen molar-refractivity contribution in [3.8, 4) is 5.75 Å². The second kappa shape index (κ2) is 6.75. The highest BCUT2D eigenvalue weighted by atomic mass is 16.5. The molecule has 0 saturated carbocycles. The van der Waals surface area contributed by atoms with E-state index in [1.54, 1.807) is 11.7 Å². The molecule has 0 fully saturated rings. The summed E-state index contributed by atoms with van der Waals surface area (Å²) < 4.78 is 16.0. The summed E-state index contributed by atoms with van der Waals surface area (Å²) in [6, 6.07) is 7.34. The Balaban J connectivity index is 2.35. The van der Waals surface area contributed by atoms with Gasteiger partial charge in [-0.1, -0.05) is 12.1 Å². The number of rotatable bonds is 5. The molecule has 0 aliphatic rings. The number of imidazole rings is 1. The Morgan fingerprint density at radius 3 is 2.23 bits per heavy atom. The van der Waals surface area contributed by atoms with Crippen molar-refractivity contribution < 1.29 is 23.8 Å². The molecule has 2 aromatic rings. The van der Waals surface area contributed by atoms with Gasteiger partial charge in [0, 0.05) is 6.54 Å². The van der Waals surface area contributed by atoms with Crippen LogP contribution in [0.3, 0.4) is 0 Å². The number of esters is 2. The van der Waals surface area contributed by atoms with Gasteiger partial charge in [-0.05, 0) is 17.7 Å². The maximum absolute atomic E-state index is 11.9. The van der Waals surface area contributed by atoms with Crippen molar-refractivity contribution in [3.05, 3.63) is 47.5 Å². The number of hydrogen-bond donors (Lipinski definition) is 0. The van der Waals surface area contributed by atoms with E-state index >= 15 is 0 Å². The van der Waals surface area contributed by atoms with Crippen LogP contribution in [0.5, 0.6) is 5.75 Å². The number of methoxy groups -OCH3 is 3. The lowest BCUT2D eigenvalue weighted by molar-refractivity contribution is 0.0544. The minimum absolute atomic E-state index is 0.0603. The van der Waals surface area contributed by atoms with E-state index in [0.29, 0.717) is 6.54 Å². The molecule has 0 amide bonds. The van der Waals surface area contributed by atoms with Crippen LogP contribution < -0.4 is 4.74 Å². The monoisotopic (exact) mass is 304 g/mol. The normalized spacial score (nSPS) is 10.1. The van der Waals surface area contributed by atoms with Gasteiger partial charge < -0.3 is 18.8 Å². The standard InChI is InChI=1S/C15H16N2O5/c1-20-11-6-4-10(5-7-11)8-17-9-16-12(14(18)21-2)13(17)15(19)22-3/h4-7,9H,8H2,1-3H3. The van der Waals surface area contributed by atoms with Crippen molar-refractivity contribution in [1.29, 1.82) is 0 Å². The number of nitrogens with zero attached hydrogens (tertiary/aromatic N) is 2. The molecule has 7 nitrogen and oxygen atoms in total. The molecule has 0 saturated heterocycles. The summed E-state index contributed by atoms with van der Waals surface area (Å²) in [5.41, 5.74) is 0.910. The van der Waals surface area contributed by atoms with Crippen LogP contribution in [0.15, 0.2) is 30.6 Å². The van der Waals surface area contributed by atoms with E-state index in [2.05, 4.69) is 9.72 Å². The molecule has 0 atom stereocenters. The summed E-state index contributed by atoms with van der Waals surface area (Å²) in [7, 11) is 4.06. The summed E-state index contributed by atoms with van der Waals surface area (Å²) in [5, 5.41) is 0. The van der Waals surface area contributed by atoms with Crippen molar-refractivity contribution in [1.82, 2.24) is 9.55 Å². The largest absolute Gasteiger partial charge is 0.497 e. The zero-order valence-electron chi connectivity index (χ0n) is 12.5. The molecule has 1 aromatic heterocycles. The van der Waals surface area contributed by atoms with Crippen LogP contribution in [0.2, 0.25) is 0 Å². The van der Waals surface area contributed by atoms with E-state index < -0.39 is 11.9 Å². The second-order valence-corrected chi connectivity index (χ2v) is 4.40. The van der Waals surface area contributed by atoms with Gasteiger partial charge in [-0.3, -0.25) is 0 Å². The number of benzene rings is 1. The van der Waals surface area contributed by atoms with Crippen molar-refractivity contribution in [3.63, 3.8) is 0 Å². The quantitative estimate of drug-likeness (QED) is 0.779. The summed E-state index contributed by atoms with van der Waals surface area (Å²) in [6.45, 7) is 0.360. The summed E-state index contributed by atoms with van der Waals surface area (Å²) in [6.07, 6.45) is 1.41. The number of ether oxygens (including phenoxy) is 3. The van der Waals surface area contributed by atoms with Gasteiger partial charge in [0.05, 0.1) is 27.7 Å². The second-order valence-electron chi connectivity index (χ2n) is 4.40. The molecule has 0 unspecified atom stereocenters. The molecule has 0 aliphatic carbocycles. The Hall–Kier alpha value is -2.83. The van der Waals surface area contributed by atoms with E-state index in [-0.39, 0.29) is 11.4 Å². The van der Waals surface area contributed by atoms with Gasteiger partial charge in [-0.15, -0.1) is 0 Å². The third-order valence-electron chi connectivity index (χ3n) is 3.11. The Kier molecular flexibility index (Phi) is 4.77. The Morgan fingerprint density at radius 1 is 1.05 bits per heavy atom. The smallest absolute Gasteiger partial charge is 0.359 e. The highest BCUT2D eigenvalue weighted by Gasteiger charge is 2.25. The predicted octanol–water partition coefficient (Wildman–Crippen LogP) is 1.51. The molecular formula is C15H16N2O5. The Morgan fingerprint density at radius 2 is 1.68 bits per heavy atom. The molecule has 0 radical (unpaired) electrons. The fourth-order valence-electron chi connectivity index (χ4n) is 1.99. The summed E-state index contributed by atoms with van der Waals surface area (Å²) in [4.78, 5) is 27.5. The maximum atomic E-state index is 11.9. The van der Waals surface area contributed by atoms with Crippen LogP contribution in [0.4, 0.5) is 0 Å². The first kappa shape index (κ1) is 15.6. The van der Waals surface area contributed by atoms with Gasteiger partial charge in [0.25, 0.3) is 0 Å². The van der Waals surface area contributed by atoms with Gasteiger partial charge in [-0.2, -0.15) is 0 Å². The van der Waals surface area contributed by atoms with Gasteiger partial charge >= 0.3 is 11.9 Å². The van der Waals surface area contributed by atoms with Crippen molar-refractivity contribution in [2.45, 2.75) is 6.54 Å².